The lowest BCUT2D eigenvalue weighted by Crippen LogP contribution is -2.39. The highest BCUT2D eigenvalue weighted by atomic mass is 16.5. The minimum Gasteiger partial charge on any atom is -0.483 e. The van der Waals surface area contributed by atoms with E-state index in [1.165, 1.54) is 15.5 Å². The zero-order chi connectivity index (χ0) is 29.6. The molecule has 5 aromatic rings. The SMILES string of the molecule is CC(CCCCn1c(=O)c2c(ncn2C)n(C)c1=O)=NNC(=O)COc1ccccc1-c1nc(-c2ccccc2)no1. The van der Waals surface area contributed by atoms with Gasteiger partial charge in [0.25, 0.3) is 17.4 Å². The van der Waals surface area contributed by atoms with Crippen molar-refractivity contribution in [2.45, 2.75) is 32.7 Å². The zero-order valence-corrected chi connectivity index (χ0v) is 23.5. The Hall–Kier alpha value is -5.33. The van der Waals surface area contributed by atoms with E-state index in [1.807, 2.05) is 36.4 Å². The van der Waals surface area contributed by atoms with Gasteiger partial charge in [0, 0.05) is 31.9 Å². The summed E-state index contributed by atoms with van der Waals surface area (Å²) in [5.74, 6) is 0.715. The molecule has 0 radical (unpaired) electrons. The fourth-order valence-corrected chi connectivity index (χ4v) is 4.44. The van der Waals surface area contributed by atoms with E-state index < -0.39 is 11.6 Å². The summed E-state index contributed by atoms with van der Waals surface area (Å²) in [6.45, 7) is 1.80. The molecular weight excluding hydrogens is 540 g/mol. The lowest BCUT2D eigenvalue weighted by molar-refractivity contribution is -0.123. The second-order valence-electron chi connectivity index (χ2n) is 9.74. The predicted molar refractivity (Wildman–Crippen MR) is 156 cm³/mol. The van der Waals surface area contributed by atoms with Crippen LogP contribution in [-0.2, 0) is 25.4 Å². The molecule has 3 heterocycles. The molecule has 42 heavy (non-hydrogen) atoms. The van der Waals surface area contributed by atoms with Crippen molar-refractivity contribution in [2.24, 2.45) is 19.2 Å². The van der Waals surface area contributed by atoms with Crippen molar-refractivity contribution in [1.82, 2.24) is 34.3 Å². The number of aryl methyl sites for hydroxylation is 2. The van der Waals surface area contributed by atoms with E-state index in [2.05, 4.69) is 25.7 Å². The fourth-order valence-electron chi connectivity index (χ4n) is 4.44. The topological polar surface area (TPSA) is 151 Å². The summed E-state index contributed by atoms with van der Waals surface area (Å²) in [6.07, 6.45) is 3.35. The van der Waals surface area contributed by atoms with Gasteiger partial charge in [0.05, 0.1) is 11.9 Å². The maximum atomic E-state index is 12.8. The number of carbonyl (C=O) groups is 1. The number of rotatable bonds is 11. The number of hydrazone groups is 1. The first kappa shape index (κ1) is 28.2. The molecule has 13 heteroatoms. The number of benzene rings is 2. The van der Waals surface area contributed by atoms with Crippen molar-refractivity contribution in [2.75, 3.05) is 6.61 Å². The predicted octanol–water partition coefficient (Wildman–Crippen LogP) is 2.89. The van der Waals surface area contributed by atoms with Crippen LogP contribution >= 0.6 is 0 Å². The first-order chi connectivity index (χ1) is 20.3. The molecule has 1 N–H and O–H groups in total. The Morgan fingerprint density at radius 2 is 1.81 bits per heavy atom. The Morgan fingerprint density at radius 1 is 1.05 bits per heavy atom. The molecule has 0 fully saturated rings. The van der Waals surface area contributed by atoms with Crippen LogP contribution in [0.2, 0.25) is 0 Å². The molecule has 3 aromatic heterocycles. The third-order valence-electron chi connectivity index (χ3n) is 6.68. The fraction of sp³-hybridized carbons (Fsp3) is 0.276. The first-order valence-corrected chi connectivity index (χ1v) is 13.4. The molecule has 5 rings (SSSR count). The van der Waals surface area contributed by atoms with Crippen LogP contribution in [-0.4, -0.2) is 47.1 Å². The van der Waals surface area contributed by atoms with Crippen LogP contribution < -0.4 is 21.4 Å². The van der Waals surface area contributed by atoms with Crippen molar-refractivity contribution < 1.29 is 14.1 Å². The van der Waals surface area contributed by atoms with Gasteiger partial charge in [0.2, 0.25) is 5.82 Å². The second kappa shape index (κ2) is 12.5. The van der Waals surface area contributed by atoms with Crippen LogP contribution in [0.1, 0.15) is 26.2 Å². The normalized spacial score (nSPS) is 11.6. The van der Waals surface area contributed by atoms with Crippen molar-refractivity contribution in [3.63, 3.8) is 0 Å². The Bertz CT molecular complexity index is 1870. The van der Waals surface area contributed by atoms with E-state index in [0.29, 0.717) is 53.3 Å². The second-order valence-corrected chi connectivity index (χ2v) is 9.74. The number of carbonyl (C=O) groups excluding carboxylic acids is 1. The Morgan fingerprint density at radius 3 is 2.62 bits per heavy atom. The summed E-state index contributed by atoms with van der Waals surface area (Å²) < 4.78 is 15.4. The lowest BCUT2D eigenvalue weighted by atomic mass is 10.2. The molecule has 2 aromatic carbocycles. The van der Waals surface area contributed by atoms with Gasteiger partial charge >= 0.3 is 5.69 Å². The quantitative estimate of drug-likeness (QED) is 0.145. The number of hydrogen-bond acceptors (Lipinski definition) is 9. The monoisotopic (exact) mass is 570 g/mol. The molecule has 216 valence electrons. The lowest BCUT2D eigenvalue weighted by Gasteiger charge is -2.09. The molecule has 0 saturated carbocycles. The zero-order valence-electron chi connectivity index (χ0n) is 23.5. The van der Waals surface area contributed by atoms with E-state index in [-0.39, 0.29) is 24.6 Å². The molecule has 0 unspecified atom stereocenters. The van der Waals surface area contributed by atoms with Gasteiger partial charge in [-0.05, 0) is 38.3 Å². The van der Waals surface area contributed by atoms with E-state index in [1.54, 1.807) is 43.8 Å². The van der Waals surface area contributed by atoms with Crippen molar-refractivity contribution >= 4 is 22.8 Å². The molecule has 0 saturated heterocycles. The summed E-state index contributed by atoms with van der Waals surface area (Å²) >= 11 is 0. The number of fused-ring (bicyclic) bond motifs is 1. The van der Waals surface area contributed by atoms with Crippen LogP contribution in [0.3, 0.4) is 0 Å². The van der Waals surface area contributed by atoms with Crippen LogP contribution in [0.25, 0.3) is 34.0 Å². The standard InChI is InChI=1S/C29H30N8O5/c1-19(11-9-10-16-37-28(39)24-26(30-18-35(24)2)36(3)29(37)40)32-33-23(38)17-41-22-15-8-7-14-21(22)27-31-25(34-42-27)20-12-5-4-6-13-20/h4-8,12-15,18H,9-11,16-17H2,1-3H3,(H,33,38). The maximum absolute atomic E-state index is 12.8. The largest absolute Gasteiger partial charge is 0.483 e. The first-order valence-electron chi connectivity index (χ1n) is 13.4. The highest BCUT2D eigenvalue weighted by Gasteiger charge is 2.16. The number of para-hydroxylation sites is 1. The van der Waals surface area contributed by atoms with Gasteiger partial charge in [-0.2, -0.15) is 10.1 Å². The third-order valence-corrected chi connectivity index (χ3v) is 6.68. The molecule has 0 atom stereocenters. The Balaban J connectivity index is 1.12. The van der Waals surface area contributed by atoms with Gasteiger partial charge in [-0.1, -0.05) is 47.6 Å². The average molecular weight is 571 g/mol. The van der Waals surface area contributed by atoms with Crippen LogP contribution in [0.15, 0.2) is 80.1 Å². The molecule has 0 aliphatic carbocycles. The van der Waals surface area contributed by atoms with Crippen molar-refractivity contribution in [3.8, 4) is 28.6 Å². The molecule has 1 amide bonds. The van der Waals surface area contributed by atoms with Gasteiger partial charge in [-0.15, -0.1) is 0 Å². The molecule has 13 nitrogen and oxygen atoms in total. The van der Waals surface area contributed by atoms with E-state index in [9.17, 15) is 14.4 Å². The summed E-state index contributed by atoms with van der Waals surface area (Å²) in [5.41, 5.74) is 4.58. The Labute approximate surface area is 240 Å². The summed E-state index contributed by atoms with van der Waals surface area (Å²) in [6, 6.07) is 16.5. The number of ether oxygens (including phenoxy) is 1. The van der Waals surface area contributed by atoms with E-state index in [0.717, 1.165) is 5.56 Å². The van der Waals surface area contributed by atoms with Gasteiger partial charge in [-0.25, -0.2) is 15.2 Å². The van der Waals surface area contributed by atoms with Gasteiger partial charge in [0.15, 0.2) is 17.8 Å². The van der Waals surface area contributed by atoms with Crippen molar-refractivity contribution in [3.05, 3.63) is 81.8 Å². The number of unbranched alkanes of at least 4 members (excludes halogenated alkanes) is 1. The number of nitrogens with one attached hydrogen (secondary N) is 1. The summed E-state index contributed by atoms with van der Waals surface area (Å²) in [5, 5.41) is 8.19. The number of aromatic nitrogens is 6. The minimum absolute atomic E-state index is 0.268. The van der Waals surface area contributed by atoms with E-state index in [4.69, 9.17) is 9.26 Å². The smallest absolute Gasteiger partial charge is 0.332 e. The van der Waals surface area contributed by atoms with Gasteiger partial charge in [-0.3, -0.25) is 18.7 Å². The summed E-state index contributed by atoms with van der Waals surface area (Å²) in [4.78, 5) is 46.4. The van der Waals surface area contributed by atoms with Gasteiger partial charge < -0.3 is 13.8 Å². The number of nitrogens with zero attached hydrogens (tertiary/aromatic N) is 7. The molecule has 0 bridgehead atoms. The number of amides is 1. The molecule has 0 aliphatic rings. The van der Waals surface area contributed by atoms with Crippen LogP contribution in [0.4, 0.5) is 0 Å². The van der Waals surface area contributed by atoms with Crippen molar-refractivity contribution in [1.29, 1.82) is 0 Å². The molecule has 0 aliphatic heterocycles. The van der Waals surface area contributed by atoms with Crippen LogP contribution in [0, 0.1) is 0 Å². The molecule has 0 spiro atoms. The molecular formula is C29H30N8O5. The Kier molecular flexibility index (Phi) is 8.37. The third kappa shape index (κ3) is 6.04. The number of hydrogen-bond donors (Lipinski definition) is 1. The highest BCUT2D eigenvalue weighted by Crippen LogP contribution is 2.30. The minimum atomic E-state index is -0.431. The van der Waals surface area contributed by atoms with Crippen LogP contribution in [0.5, 0.6) is 5.75 Å². The van der Waals surface area contributed by atoms with Gasteiger partial charge in [0.1, 0.15) is 5.75 Å². The highest BCUT2D eigenvalue weighted by molar-refractivity contribution is 5.84. The van der Waals surface area contributed by atoms with E-state index >= 15 is 0 Å². The number of imidazole rings is 1. The average Bonchev–Trinajstić information content (AvgIpc) is 3.65. The maximum Gasteiger partial charge on any atom is 0.332 e. The summed E-state index contributed by atoms with van der Waals surface area (Å²) in [7, 11) is 3.32.